The average Bonchev–Trinajstić information content (AvgIpc) is 2.74. The van der Waals surface area contributed by atoms with Crippen LogP contribution in [0.3, 0.4) is 0 Å². The molecule has 0 heterocycles. The van der Waals surface area contributed by atoms with Gasteiger partial charge in [-0.05, 0) is 48.0 Å². The standard InChI is InChI=1S/C23H26N2O4/c1-25(2)19-11-8-17(9-12-19)7-6-14-24-22(26)13-10-18-15-20(27-3)23(29-5)21(16-18)28-4/h8-13,15-16H,14H2,1-5H3,(H,24,26)/b13-10+. The first-order chi connectivity index (χ1) is 14.0. The molecule has 152 valence electrons. The van der Waals surface area contributed by atoms with Gasteiger partial charge in [-0.1, -0.05) is 11.8 Å². The topological polar surface area (TPSA) is 60.0 Å². The van der Waals surface area contributed by atoms with E-state index in [-0.39, 0.29) is 12.5 Å². The number of nitrogens with one attached hydrogen (secondary N) is 1. The molecule has 0 aliphatic carbocycles. The lowest BCUT2D eigenvalue weighted by Crippen LogP contribution is -2.20. The Labute approximate surface area is 172 Å². The third-order valence-electron chi connectivity index (χ3n) is 4.08. The second-order valence-electron chi connectivity index (χ2n) is 6.25. The van der Waals surface area contributed by atoms with Crippen LogP contribution in [-0.2, 0) is 4.79 Å². The fourth-order valence-electron chi connectivity index (χ4n) is 2.55. The maximum absolute atomic E-state index is 12.0. The highest BCUT2D eigenvalue weighted by Gasteiger charge is 2.12. The molecule has 0 saturated carbocycles. The molecule has 0 unspecified atom stereocenters. The number of methoxy groups -OCH3 is 3. The molecule has 0 bridgehead atoms. The summed E-state index contributed by atoms with van der Waals surface area (Å²) in [6.45, 7) is 0.258. The van der Waals surface area contributed by atoms with Crippen LogP contribution in [0, 0.1) is 11.8 Å². The Morgan fingerprint density at radius 2 is 1.66 bits per heavy atom. The maximum Gasteiger partial charge on any atom is 0.244 e. The number of carbonyl (C=O) groups is 1. The minimum atomic E-state index is -0.240. The SMILES string of the molecule is COc1cc(/C=C/C(=O)NCC#Cc2ccc(N(C)C)cc2)cc(OC)c1OC. The van der Waals surface area contributed by atoms with Crippen molar-refractivity contribution in [2.45, 2.75) is 0 Å². The Morgan fingerprint density at radius 3 is 2.17 bits per heavy atom. The van der Waals surface area contributed by atoms with E-state index >= 15 is 0 Å². The predicted molar refractivity (Wildman–Crippen MR) is 116 cm³/mol. The van der Waals surface area contributed by atoms with E-state index in [2.05, 4.69) is 17.2 Å². The summed E-state index contributed by atoms with van der Waals surface area (Å²) >= 11 is 0. The number of amides is 1. The van der Waals surface area contributed by atoms with Gasteiger partial charge in [0.05, 0.1) is 27.9 Å². The second kappa shape index (κ2) is 10.7. The minimum Gasteiger partial charge on any atom is -0.493 e. The molecular weight excluding hydrogens is 368 g/mol. The predicted octanol–water partition coefficient (Wildman–Crippen LogP) is 2.96. The van der Waals surface area contributed by atoms with Crippen molar-refractivity contribution in [1.82, 2.24) is 5.32 Å². The smallest absolute Gasteiger partial charge is 0.244 e. The van der Waals surface area contributed by atoms with Gasteiger partial charge in [0.15, 0.2) is 11.5 Å². The summed E-state index contributed by atoms with van der Waals surface area (Å²) in [5, 5.41) is 2.74. The van der Waals surface area contributed by atoms with Gasteiger partial charge in [-0.3, -0.25) is 4.79 Å². The van der Waals surface area contributed by atoms with Crippen molar-refractivity contribution in [2.24, 2.45) is 0 Å². The molecule has 1 amide bonds. The van der Waals surface area contributed by atoms with E-state index in [1.165, 1.54) is 6.08 Å². The van der Waals surface area contributed by atoms with Crippen molar-refractivity contribution in [3.63, 3.8) is 0 Å². The Balaban J connectivity index is 1.95. The van der Waals surface area contributed by atoms with Crippen LogP contribution in [0.1, 0.15) is 11.1 Å². The van der Waals surface area contributed by atoms with Crippen LogP contribution in [-0.4, -0.2) is 47.9 Å². The van der Waals surface area contributed by atoms with Crippen molar-refractivity contribution in [1.29, 1.82) is 0 Å². The van der Waals surface area contributed by atoms with Crippen molar-refractivity contribution in [3.05, 3.63) is 53.6 Å². The molecule has 2 rings (SSSR count). The van der Waals surface area contributed by atoms with Gasteiger partial charge in [-0.25, -0.2) is 0 Å². The molecule has 0 aliphatic heterocycles. The number of rotatable bonds is 7. The molecule has 1 N–H and O–H groups in total. The van der Waals surface area contributed by atoms with Crippen LogP contribution in [0.15, 0.2) is 42.5 Å². The van der Waals surface area contributed by atoms with Crippen LogP contribution in [0.5, 0.6) is 17.2 Å². The quantitative estimate of drug-likeness (QED) is 0.578. The summed E-state index contributed by atoms with van der Waals surface area (Å²) in [6.07, 6.45) is 3.11. The van der Waals surface area contributed by atoms with Crippen molar-refractivity contribution in [2.75, 3.05) is 46.9 Å². The minimum absolute atomic E-state index is 0.240. The van der Waals surface area contributed by atoms with Gasteiger partial charge in [-0.15, -0.1) is 0 Å². The number of benzene rings is 2. The zero-order valence-corrected chi connectivity index (χ0v) is 17.4. The van der Waals surface area contributed by atoms with Crippen LogP contribution < -0.4 is 24.4 Å². The monoisotopic (exact) mass is 394 g/mol. The number of anilines is 1. The second-order valence-corrected chi connectivity index (χ2v) is 6.25. The van der Waals surface area contributed by atoms with Crippen LogP contribution in [0.25, 0.3) is 6.08 Å². The average molecular weight is 394 g/mol. The van der Waals surface area contributed by atoms with E-state index in [0.29, 0.717) is 17.2 Å². The Kier molecular flexibility index (Phi) is 7.99. The molecule has 6 heteroatoms. The maximum atomic E-state index is 12.0. The molecule has 2 aromatic rings. The molecule has 6 nitrogen and oxygen atoms in total. The van der Waals surface area contributed by atoms with Gasteiger partial charge in [-0.2, -0.15) is 0 Å². The fourth-order valence-corrected chi connectivity index (χ4v) is 2.55. The molecule has 0 radical (unpaired) electrons. The number of hydrogen-bond donors (Lipinski definition) is 1. The van der Waals surface area contributed by atoms with E-state index < -0.39 is 0 Å². The van der Waals surface area contributed by atoms with Gasteiger partial charge in [0, 0.05) is 31.4 Å². The van der Waals surface area contributed by atoms with E-state index in [0.717, 1.165) is 16.8 Å². The highest BCUT2D eigenvalue weighted by Crippen LogP contribution is 2.38. The van der Waals surface area contributed by atoms with Crippen LogP contribution in [0.2, 0.25) is 0 Å². The number of nitrogens with zero attached hydrogens (tertiary/aromatic N) is 1. The van der Waals surface area contributed by atoms with Gasteiger partial charge in [0.25, 0.3) is 0 Å². The third kappa shape index (κ3) is 6.22. The molecule has 0 fully saturated rings. The first kappa shape index (κ1) is 21.7. The van der Waals surface area contributed by atoms with E-state index in [1.807, 2.05) is 43.3 Å². The van der Waals surface area contributed by atoms with E-state index in [9.17, 15) is 4.79 Å². The zero-order chi connectivity index (χ0) is 21.2. The molecule has 0 aromatic heterocycles. The summed E-state index contributed by atoms with van der Waals surface area (Å²) in [7, 11) is 8.61. The van der Waals surface area contributed by atoms with Crippen LogP contribution in [0.4, 0.5) is 5.69 Å². The van der Waals surface area contributed by atoms with Crippen LogP contribution >= 0.6 is 0 Å². The van der Waals surface area contributed by atoms with Crippen molar-refractivity contribution in [3.8, 4) is 29.1 Å². The van der Waals surface area contributed by atoms with Gasteiger partial charge in [0.1, 0.15) is 0 Å². The molecule has 0 spiro atoms. The van der Waals surface area contributed by atoms with E-state index in [1.54, 1.807) is 39.5 Å². The molecule has 29 heavy (non-hydrogen) atoms. The van der Waals surface area contributed by atoms with Crippen molar-refractivity contribution < 1.29 is 19.0 Å². The summed E-state index contributed by atoms with van der Waals surface area (Å²) in [5.41, 5.74) is 2.76. The Bertz CT molecular complexity index is 897. The number of hydrogen-bond acceptors (Lipinski definition) is 5. The number of carbonyl (C=O) groups excluding carboxylic acids is 1. The highest BCUT2D eigenvalue weighted by atomic mass is 16.5. The zero-order valence-electron chi connectivity index (χ0n) is 17.4. The largest absolute Gasteiger partial charge is 0.493 e. The van der Waals surface area contributed by atoms with E-state index in [4.69, 9.17) is 14.2 Å². The number of ether oxygens (including phenoxy) is 3. The lowest BCUT2D eigenvalue weighted by Gasteiger charge is -2.12. The first-order valence-corrected chi connectivity index (χ1v) is 9.00. The summed E-state index contributed by atoms with van der Waals surface area (Å²) in [5.74, 6) is 7.29. The lowest BCUT2D eigenvalue weighted by molar-refractivity contribution is -0.116. The van der Waals surface area contributed by atoms with Gasteiger partial charge in [0.2, 0.25) is 11.7 Å². The Hall–Kier alpha value is -3.59. The van der Waals surface area contributed by atoms with Gasteiger partial charge < -0.3 is 24.4 Å². The molecule has 2 aromatic carbocycles. The summed E-state index contributed by atoms with van der Waals surface area (Å²) in [4.78, 5) is 14.0. The summed E-state index contributed by atoms with van der Waals surface area (Å²) < 4.78 is 15.9. The molecule has 0 aliphatic rings. The fraction of sp³-hybridized carbons (Fsp3) is 0.261. The first-order valence-electron chi connectivity index (χ1n) is 9.00. The van der Waals surface area contributed by atoms with Gasteiger partial charge >= 0.3 is 0 Å². The molecule has 0 atom stereocenters. The Morgan fingerprint density at radius 1 is 1.03 bits per heavy atom. The van der Waals surface area contributed by atoms with Crippen molar-refractivity contribution >= 4 is 17.7 Å². The normalized spacial score (nSPS) is 10.1. The summed E-state index contributed by atoms with van der Waals surface area (Å²) in [6, 6.07) is 11.4. The third-order valence-corrected chi connectivity index (χ3v) is 4.08. The molecule has 0 saturated heterocycles. The highest BCUT2D eigenvalue weighted by molar-refractivity contribution is 5.92. The lowest BCUT2D eigenvalue weighted by atomic mass is 10.1. The molecular formula is C23H26N2O4.